The number of nitrogens with zero attached hydrogens (tertiary/aromatic N) is 1. The minimum atomic E-state index is 0.147. The van der Waals surface area contributed by atoms with Crippen molar-refractivity contribution >= 4 is 37.8 Å². The van der Waals surface area contributed by atoms with Crippen LogP contribution in [-0.2, 0) is 0 Å². The van der Waals surface area contributed by atoms with Crippen molar-refractivity contribution in [3.63, 3.8) is 0 Å². The summed E-state index contributed by atoms with van der Waals surface area (Å²) in [4.78, 5) is 14.4. The van der Waals surface area contributed by atoms with Crippen molar-refractivity contribution in [3.05, 3.63) is 32.7 Å². The van der Waals surface area contributed by atoms with Gasteiger partial charge in [0.15, 0.2) is 0 Å². The van der Waals surface area contributed by atoms with E-state index in [9.17, 15) is 4.79 Å². The molecule has 0 saturated heterocycles. The second kappa shape index (κ2) is 5.53. The lowest BCUT2D eigenvalue weighted by molar-refractivity contribution is 0.0742. The Balaban J connectivity index is 2.22. The second-order valence-electron chi connectivity index (χ2n) is 4.35. The number of carbonyl (C=O) groups excluding carboxylic acids is 1. The average molecular weight is 361 g/mol. The van der Waals surface area contributed by atoms with Crippen LogP contribution < -0.4 is 0 Å². The molecule has 0 aliphatic heterocycles. The summed E-state index contributed by atoms with van der Waals surface area (Å²) in [5.41, 5.74) is 0.758. The smallest absolute Gasteiger partial charge is 0.255 e. The molecule has 0 atom stereocenters. The third kappa shape index (κ3) is 3.10. The zero-order valence-electron chi connectivity index (χ0n) is 9.75. The van der Waals surface area contributed by atoms with Gasteiger partial charge in [-0.1, -0.05) is 22.9 Å². The van der Waals surface area contributed by atoms with Gasteiger partial charge in [-0.25, -0.2) is 0 Å². The van der Waals surface area contributed by atoms with Crippen molar-refractivity contribution in [3.8, 4) is 0 Å². The maximum atomic E-state index is 12.4. The topological polar surface area (TPSA) is 20.3 Å². The molecular weight excluding hydrogens is 346 g/mol. The van der Waals surface area contributed by atoms with Crippen LogP contribution in [0.25, 0.3) is 0 Å². The SMILES string of the molecule is CCCN(C(=O)c1ccc(Br)cc1Br)C1CC1. The molecule has 0 radical (unpaired) electrons. The highest BCUT2D eigenvalue weighted by Gasteiger charge is 2.32. The first-order valence-corrected chi connectivity index (χ1v) is 7.48. The standard InChI is InChI=1S/C13H15Br2NO/c1-2-7-16(10-4-5-10)13(17)11-6-3-9(14)8-12(11)15/h3,6,8,10H,2,4-5,7H2,1H3. The summed E-state index contributed by atoms with van der Waals surface area (Å²) in [5.74, 6) is 0.147. The second-order valence-corrected chi connectivity index (χ2v) is 6.12. The van der Waals surface area contributed by atoms with Crippen molar-refractivity contribution < 1.29 is 4.79 Å². The van der Waals surface area contributed by atoms with Gasteiger partial charge >= 0.3 is 0 Å². The van der Waals surface area contributed by atoms with E-state index in [0.29, 0.717) is 6.04 Å². The van der Waals surface area contributed by atoms with Crippen molar-refractivity contribution in [2.75, 3.05) is 6.54 Å². The Morgan fingerprint density at radius 1 is 1.41 bits per heavy atom. The lowest BCUT2D eigenvalue weighted by Crippen LogP contribution is -2.34. The fraction of sp³-hybridized carbons (Fsp3) is 0.462. The fourth-order valence-electron chi connectivity index (χ4n) is 1.89. The van der Waals surface area contributed by atoms with Gasteiger partial charge < -0.3 is 4.90 Å². The maximum Gasteiger partial charge on any atom is 0.255 e. The monoisotopic (exact) mass is 359 g/mol. The normalized spacial score (nSPS) is 14.8. The number of rotatable bonds is 4. The molecule has 0 unspecified atom stereocenters. The van der Waals surface area contributed by atoms with Gasteiger partial charge in [0, 0.05) is 21.5 Å². The molecule has 0 heterocycles. The van der Waals surface area contributed by atoms with Crippen LogP contribution in [-0.4, -0.2) is 23.4 Å². The highest BCUT2D eigenvalue weighted by molar-refractivity contribution is 9.11. The third-order valence-electron chi connectivity index (χ3n) is 2.87. The Kier molecular flexibility index (Phi) is 4.26. The van der Waals surface area contributed by atoms with Crippen LogP contribution in [0.15, 0.2) is 27.1 Å². The number of carbonyl (C=O) groups is 1. The first-order chi connectivity index (χ1) is 8.13. The van der Waals surface area contributed by atoms with E-state index < -0.39 is 0 Å². The number of halogens is 2. The van der Waals surface area contributed by atoms with Gasteiger partial charge in [-0.15, -0.1) is 0 Å². The molecule has 4 heteroatoms. The van der Waals surface area contributed by atoms with E-state index in [1.807, 2.05) is 23.1 Å². The van der Waals surface area contributed by atoms with Crippen LogP contribution >= 0.6 is 31.9 Å². The minimum Gasteiger partial charge on any atom is -0.336 e. The van der Waals surface area contributed by atoms with Crippen molar-refractivity contribution in [1.82, 2.24) is 4.90 Å². The lowest BCUT2D eigenvalue weighted by Gasteiger charge is -2.22. The van der Waals surface area contributed by atoms with Gasteiger partial charge in [0.1, 0.15) is 0 Å². The van der Waals surface area contributed by atoms with E-state index >= 15 is 0 Å². The molecular formula is C13H15Br2NO. The molecule has 1 fully saturated rings. The molecule has 17 heavy (non-hydrogen) atoms. The van der Waals surface area contributed by atoms with Crippen molar-refractivity contribution in [2.45, 2.75) is 32.2 Å². The molecule has 2 rings (SSSR count). The summed E-state index contributed by atoms with van der Waals surface area (Å²) in [6.07, 6.45) is 3.32. The van der Waals surface area contributed by atoms with E-state index in [1.54, 1.807) is 0 Å². The summed E-state index contributed by atoms with van der Waals surface area (Å²) in [7, 11) is 0. The van der Waals surface area contributed by atoms with Crippen LogP contribution in [0.4, 0.5) is 0 Å². The maximum absolute atomic E-state index is 12.4. The molecule has 0 N–H and O–H groups in total. The number of benzene rings is 1. The minimum absolute atomic E-state index is 0.147. The first kappa shape index (κ1) is 13.1. The van der Waals surface area contributed by atoms with Gasteiger partial charge in [-0.3, -0.25) is 4.79 Å². The highest BCUT2D eigenvalue weighted by atomic mass is 79.9. The molecule has 1 saturated carbocycles. The van der Waals surface area contributed by atoms with Crippen LogP contribution in [0.5, 0.6) is 0 Å². The van der Waals surface area contributed by atoms with Gasteiger partial charge in [-0.05, 0) is 53.4 Å². The molecule has 1 aromatic carbocycles. The van der Waals surface area contributed by atoms with Gasteiger partial charge in [0.25, 0.3) is 5.91 Å². The zero-order valence-corrected chi connectivity index (χ0v) is 12.9. The Labute approximate surface area is 119 Å². The summed E-state index contributed by atoms with van der Waals surface area (Å²) in [6, 6.07) is 6.18. The third-order valence-corrected chi connectivity index (χ3v) is 4.02. The lowest BCUT2D eigenvalue weighted by atomic mass is 10.2. The zero-order chi connectivity index (χ0) is 12.4. The van der Waals surface area contributed by atoms with Crippen LogP contribution in [0.1, 0.15) is 36.5 Å². The van der Waals surface area contributed by atoms with E-state index in [0.717, 1.165) is 40.3 Å². The van der Waals surface area contributed by atoms with Crippen LogP contribution in [0.3, 0.4) is 0 Å². The molecule has 1 aliphatic carbocycles. The van der Waals surface area contributed by atoms with E-state index in [2.05, 4.69) is 38.8 Å². The highest BCUT2D eigenvalue weighted by Crippen LogP contribution is 2.30. The number of amides is 1. The van der Waals surface area contributed by atoms with Crippen molar-refractivity contribution in [2.24, 2.45) is 0 Å². The average Bonchev–Trinajstić information content (AvgIpc) is 3.09. The largest absolute Gasteiger partial charge is 0.336 e. The molecule has 1 aliphatic rings. The molecule has 0 bridgehead atoms. The quantitative estimate of drug-likeness (QED) is 0.786. The Hall–Kier alpha value is -0.350. The summed E-state index contributed by atoms with van der Waals surface area (Å²) < 4.78 is 1.84. The Morgan fingerprint density at radius 2 is 2.12 bits per heavy atom. The van der Waals surface area contributed by atoms with E-state index in [4.69, 9.17) is 0 Å². The van der Waals surface area contributed by atoms with Gasteiger partial charge in [0.2, 0.25) is 0 Å². The predicted octanol–water partition coefficient (Wildman–Crippen LogP) is 4.23. The fourth-order valence-corrected chi connectivity index (χ4v) is 3.11. The Bertz CT molecular complexity index is 429. The van der Waals surface area contributed by atoms with Gasteiger partial charge in [-0.2, -0.15) is 0 Å². The summed E-state index contributed by atoms with van der Waals surface area (Å²) >= 11 is 6.86. The number of hydrogen-bond donors (Lipinski definition) is 0. The number of hydrogen-bond acceptors (Lipinski definition) is 1. The summed E-state index contributed by atoms with van der Waals surface area (Å²) in [6.45, 7) is 2.96. The van der Waals surface area contributed by atoms with Gasteiger partial charge in [0.05, 0.1) is 5.56 Å². The van der Waals surface area contributed by atoms with Crippen LogP contribution in [0.2, 0.25) is 0 Å². The molecule has 2 nitrogen and oxygen atoms in total. The van der Waals surface area contributed by atoms with E-state index in [-0.39, 0.29) is 5.91 Å². The van der Waals surface area contributed by atoms with Crippen molar-refractivity contribution in [1.29, 1.82) is 0 Å². The van der Waals surface area contributed by atoms with Crippen LogP contribution in [0, 0.1) is 0 Å². The summed E-state index contributed by atoms with van der Waals surface area (Å²) in [5, 5.41) is 0. The molecule has 0 aromatic heterocycles. The Morgan fingerprint density at radius 3 is 2.65 bits per heavy atom. The molecule has 1 aromatic rings. The first-order valence-electron chi connectivity index (χ1n) is 5.89. The van der Waals surface area contributed by atoms with E-state index in [1.165, 1.54) is 0 Å². The molecule has 1 amide bonds. The molecule has 0 spiro atoms. The molecule has 92 valence electrons. The predicted molar refractivity (Wildman–Crippen MR) is 76.2 cm³/mol.